The van der Waals surface area contributed by atoms with Crippen molar-refractivity contribution in [3.05, 3.63) is 0 Å². The van der Waals surface area contributed by atoms with E-state index in [0.717, 1.165) is 23.9 Å². The standard InChI is InChI=1S/C16H29N2/c1-18-9-5-3-7-16(18)13-10-14(12-18)15-6-2-4-8-17(15)11-13/h13-16H,2-12H2,1H3/q+1/t13-,14-,15+,16+,18?/m0/s1. The number of piperidine rings is 4. The fourth-order valence-corrected chi connectivity index (χ4v) is 5.99. The summed E-state index contributed by atoms with van der Waals surface area (Å²) in [7, 11) is 2.58. The van der Waals surface area contributed by atoms with Gasteiger partial charge in [-0.2, -0.15) is 0 Å². The van der Waals surface area contributed by atoms with E-state index in [1.807, 2.05) is 0 Å². The molecule has 5 atom stereocenters. The van der Waals surface area contributed by atoms with Crippen LogP contribution in [-0.2, 0) is 0 Å². The normalized spacial score (nSPS) is 52.5. The van der Waals surface area contributed by atoms with E-state index in [9.17, 15) is 0 Å². The van der Waals surface area contributed by atoms with Gasteiger partial charge >= 0.3 is 0 Å². The molecule has 0 amide bonds. The lowest BCUT2D eigenvalue weighted by atomic mass is 9.70. The van der Waals surface area contributed by atoms with Gasteiger partial charge < -0.3 is 4.48 Å². The van der Waals surface area contributed by atoms with Crippen molar-refractivity contribution in [3.63, 3.8) is 0 Å². The number of hydrogen-bond donors (Lipinski definition) is 0. The molecule has 2 heteroatoms. The van der Waals surface area contributed by atoms with Crippen molar-refractivity contribution in [2.75, 3.05) is 33.2 Å². The molecule has 18 heavy (non-hydrogen) atoms. The second-order valence-electron chi connectivity index (χ2n) is 7.76. The molecule has 0 aromatic carbocycles. The van der Waals surface area contributed by atoms with Gasteiger partial charge in [0.15, 0.2) is 0 Å². The predicted molar refractivity (Wildman–Crippen MR) is 74.4 cm³/mol. The third-order valence-electron chi connectivity index (χ3n) is 6.70. The number of fused-ring (bicyclic) bond motifs is 6. The van der Waals surface area contributed by atoms with Crippen LogP contribution in [0.5, 0.6) is 0 Å². The van der Waals surface area contributed by atoms with Gasteiger partial charge in [-0.15, -0.1) is 0 Å². The minimum atomic E-state index is 0.966. The van der Waals surface area contributed by atoms with Crippen LogP contribution < -0.4 is 0 Å². The molecule has 1 unspecified atom stereocenters. The maximum absolute atomic E-state index is 2.89. The van der Waals surface area contributed by atoms with Crippen molar-refractivity contribution in [2.24, 2.45) is 11.8 Å². The Hall–Kier alpha value is -0.0800. The highest BCUT2D eigenvalue weighted by Gasteiger charge is 2.53. The van der Waals surface area contributed by atoms with Crippen LogP contribution in [-0.4, -0.2) is 54.7 Å². The first kappa shape index (κ1) is 11.7. The molecule has 0 saturated carbocycles. The Labute approximate surface area is 112 Å². The lowest BCUT2D eigenvalue weighted by molar-refractivity contribution is -0.951. The fourth-order valence-electron chi connectivity index (χ4n) is 5.99. The molecule has 4 saturated heterocycles. The molecule has 0 aromatic heterocycles. The fraction of sp³-hybridized carbons (Fsp3) is 1.00. The molecule has 4 rings (SSSR count). The number of quaternary nitrogens is 1. The molecule has 0 N–H and O–H groups in total. The van der Waals surface area contributed by atoms with Crippen LogP contribution in [0.1, 0.15) is 44.9 Å². The molecule has 0 aromatic rings. The topological polar surface area (TPSA) is 3.24 Å². The van der Waals surface area contributed by atoms with Crippen LogP contribution in [0.4, 0.5) is 0 Å². The number of rotatable bonds is 0. The Morgan fingerprint density at radius 2 is 1.89 bits per heavy atom. The smallest absolute Gasteiger partial charge is 0.0929 e. The highest BCUT2D eigenvalue weighted by atomic mass is 15.4. The maximum Gasteiger partial charge on any atom is 0.0929 e. The van der Waals surface area contributed by atoms with Crippen LogP contribution in [0.3, 0.4) is 0 Å². The first-order valence-corrected chi connectivity index (χ1v) is 8.34. The van der Waals surface area contributed by atoms with Gasteiger partial charge in [-0.1, -0.05) is 6.42 Å². The molecule has 4 fully saturated rings. The maximum atomic E-state index is 2.89. The number of hydrogen-bond acceptors (Lipinski definition) is 1. The minimum absolute atomic E-state index is 0.966. The van der Waals surface area contributed by atoms with E-state index in [4.69, 9.17) is 0 Å². The van der Waals surface area contributed by atoms with Gasteiger partial charge in [0.1, 0.15) is 0 Å². The van der Waals surface area contributed by atoms with Crippen LogP contribution >= 0.6 is 0 Å². The summed E-state index contributed by atoms with van der Waals surface area (Å²) in [5, 5.41) is 0. The third-order valence-corrected chi connectivity index (χ3v) is 6.70. The average Bonchev–Trinajstić information content (AvgIpc) is 2.38. The van der Waals surface area contributed by atoms with Gasteiger partial charge in [0.2, 0.25) is 0 Å². The average molecular weight is 249 g/mol. The zero-order chi connectivity index (χ0) is 12.2. The highest BCUT2D eigenvalue weighted by molar-refractivity contribution is 4.96. The van der Waals surface area contributed by atoms with Crippen LogP contribution in [0.2, 0.25) is 0 Å². The zero-order valence-electron chi connectivity index (χ0n) is 12.0. The summed E-state index contributed by atoms with van der Waals surface area (Å²) in [6, 6.07) is 1.98. The van der Waals surface area contributed by atoms with Gasteiger partial charge in [-0.25, -0.2) is 0 Å². The summed E-state index contributed by atoms with van der Waals surface area (Å²) in [4.78, 5) is 2.89. The van der Waals surface area contributed by atoms with Crippen molar-refractivity contribution >= 4 is 0 Å². The molecule has 2 bridgehead atoms. The van der Waals surface area contributed by atoms with E-state index in [0.29, 0.717) is 0 Å². The van der Waals surface area contributed by atoms with Gasteiger partial charge in [-0.05, 0) is 45.1 Å². The molecule has 102 valence electrons. The second kappa shape index (κ2) is 4.21. The van der Waals surface area contributed by atoms with E-state index in [2.05, 4.69) is 11.9 Å². The van der Waals surface area contributed by atoms with Gasteiger partial charge in [0.25, 0.3) is 0 Å². The SMILES string of the molecule is C[N+]12CCCC[C@@H]1[C@H]1C[C@@H](C2)[C@H]2CCCCN2C1. The van der Waals surface area contributed by atoms with Crippen molar-refractivity contribution < 1.29 is 4.48 Å². The largest absolute Gasteiger partial charge is 0.323 e. The molecule has 0 radical (unpaired) electrons. The van der Waals surface area contributed by atoms with Crippen LogP contribution in [0, 0.1) is 11.8 Å². The third kappa shape index (κ3) is 1.68. The molecular formula is C16H29N2+. The van der Waals surface area contributed by atoms with Crippen molar-refractivity contribution in [3.8, 4) is 0 Å². The Morgan fingerprint density at radius 1 is 1.00 bits per heavy atom. The summed E-state index contributed by atoms with van der Waals surface area (Å²) in [6.45, 7) is 5.83. The van der Waals surface area contributed by atoms with Crippen molar-refractivity contribution in [1.29, 1.82) is 0 Å². The monoisotopic (exact) mass is 249 g/mol. The molecule has 4 aliphatic heterocycles. The Balaban J connectivity index is 1.61. The van der Waals surface area contributed by atoms with Gasteiger partial charge in [0.05, 0.1) is 26.2 Å². The van der Waals surface area contributed by atoms with E-state index in [-0.39, 0.29) is 0 Å². The van der Waals surface area contributed by atoms with E-state index in [1.54, 1.807) is 6.42 Å². The molecular weight excluding hydrogens is 220 g/mol. The first-order valence-electron chi connectivity index (χ1n) is 8.34. The van der Waals surface area contributed by atoms with Crippen molar-refractivity contribution in [2.45, 2.75) is 57.0 Å². The zero-order valence-corrected chi connectivity index (χ0v) is 12.0. The van der Waals surface area contributed by atoms with Crippen LogP contribution in [0.25, 0.3) is 0 Å². The summed E-state index contributed by atoms with van der Waals surface area (Å²) in [5.74, 6) is 2.06. The first-order chi connectivity index (χ1) is 8.76. The molecule has 2 nitrogen and oxygen atoms in total. The molecule has 4 heterocycles. The van der Waals surface area contributed by atoms with Gasteiger partial charge in [-0.3, -0.25) is 4.90 Å². The highest BCUT2D eigenvalue weighted by Crippen LogP contribution is 2.45. The lowest BCUT2D eigenvalue weighted by Crippen LogP contribution is -2.70. The molecule has 4 aliphatic rings. The summed E-state index contributed by atoms with van der Waals surface area (Å²) in [5.41, 5.74) is 0. The summed E-state index contributed by atoms with van der Waals surface area (Å²) in [6.07, 6.45) is 10.5. The molecule has 0 spiro atoms. The number of nitrogens with zero attached hydrogens (tertiary/aromatic N) is 2. The second-order valence-corrected chi connectivity index (χ2v) is 7.76. The Bertz CT molecular complexity index is 329. The van der Waals surface area contributed by atoms with E-state index < -0.39 is 0 Å². The summed E-state index contributed by atoms with van der Waals surface area (Å²) >= 11 is 0. The van der Waals surface area contributed by atoms with Crippen molar-refractivity contribution in [1.82, 2.24) is 4.90 Å². The van der Waals surface area contributed by atoms with E-state index >= 15 is 0 Å². The van der Waals surface area contributed by atoms with Crippen LogP contribution in [0.15, 0.2) is 0 Å². The molecule has 0 aliphatic carbocycles. The Morgan fingerprint density at radius 3 is 2.83 bits per heavy atom. The van der Waals surface area contributed by atoms with Gasteiger partial charge in [0, 0.05) is 24.4 Å². The quantitative estimate of drug-likeness (QED) is 0.596. The summed E-state index contributed by atoms with van der Waals surface area (Å²) < 4.78 is 1.44. The van der Waals surface area contributed by atoms with E-state index in [1.165, 1.54) is 69.2 Å². The minimum Gasteiger partial charge on any atom is -0.323 e. The Kier molecular flexibility index (Phi) is 2.74. The predicted octanol–water partition coefficient (Wildman–Crippen LogP) is 2.49. The lowest BCUT2D eigenvalue weighted by Gasteiger charge is -2.60.